The quantitative estimate of drug-likeness (QED) is 0.749. The van der Waals surface area contributed by atoms with E-state index < -0.39 is 0 Å². The van der Waals surface area contributed by atoms with Gasteiger partial charge in [-0.25, -0.2) is 0 Å². The Labute approximate surface area is 107 Å². The molecule has 0 bridgehead atoms. The van der Waals surface area contributed by atoms with Gasteiger partial charge in [-0.3, -0.25) is 4.98 Å². The molecule has 1 fully saturated rings. The first-order valence-electron chi connectivity index (χ1n) is 6.24. The zero-order chi connectivity index (χ0) is 11.5. The Kier molecular flexibility index (Phi) is 4.01. The number of alkyl halides is 1. The largest absolute Gasteiger partial charge is 0.265 e. The molecule has 2 rings (SSSR count). The first kappa shape index (κ1) is 12.1. The molecule has 88 valence electrons. The Hall–Kier alpha value is -0.370. The molecular weight excluding hydrogens is 262 g/mol. The molecule has 0 N–H and O–H groups in total. The summed E-state index contributed by atoms with van der Waals surface area (Å²) in [5.74, 6) is 2.28. The van der Waals surface area contributed by atoms with Gasteiger partial charge in [0.15, 0.2) is 0 Å². The molecule has 0 spiro atoms. The Morgan fingerprint density at radius 3 is 2.56 bits per heavy atom. The van der Waals surface area contributed by atoms with E-state index in [0.29, 0.717) is 10.7 Å². The van der Waals surface area contributed by atoms with E-state index in [0.717, 1.165) is 11.8 Å². The lowest BCUT2D eigenvalue weighted by Gasteiger charge is -2.27. The summed E-state index contributed by atoms with van der Waals surface area (Å²) in [7, 11) is 0. The summed E-state index contributed by atoms with van der Waals surface area (Å²) in [6.07, 6.45) is 7.96. The third kappa shape index (κ3) is 2.48. The third-order valence-corrected chi connectivity index (χ3v) is 5.52. The normalized spacial score (nSPS) is 28.9. The lowest BCUT2D eigenvalue weighted by Crippen LogP contribution is -2.22. The summed E-state index contributed by atoms with van der Waals surface area (Å²) in [5.41, 5.74) is 1.40. The monoisotopic (exact) mass is 281 g/mol. The van der Waals surface area contributed by atoms with Gasteiger partial charge in [0.05, 0.1) is 0 Å². The maximum absolute atomic E-state index is 4.08. The fourth-order valence-electron chi connectivity index (χ4n) is 2.87. The molecule has 1 nitrogen and oxygen atoms in total. The highest BCUT2D eigenvalue weighted by molar-refractivity contribution is 9.09. The molecule has 1 aliphatic carbocycles. The minimum absolute atomic E-state index is 0.577. The minimum atomic E-state index is 0.577. The van der Waals surface area contributed by atoms with Crippen molar-refractivity contribution < 1.29 is 0 Å². The number of hydrogen-bond donors (Lipinski definition) is 0. The van der Waals surface area contributed by atoms with Crippen LogP contribution in [0.2, 0.25) is 0 Å². The molecule has 0 saturated heterocycles. The summed E-state index contributed by atoms with van der Waals surface area (Å²) in [5, 5.41) is 0. The zero-order valence-electron chi connectivity index (χ0n) is 10.1. The predicted octanol–water partition coefficient (Wildman–Crippen LogP) is 4.38. The molecule has 0 amide bonds. The van der Waals surface area contributed by atoms with Crippen molar-refractivity contribution in [1.29, 1.82) is 0 Å². The number of rotatable bonds is 3. The predicted molar refractivity (Wildman–Crippen MR) is 71.9 cm³/mol. The van der Waals surface area contributed by atoms with E-state index in [-0.39, 0.29) is 0 Å². The summed E-state index contributed by atoms with van der Waals surface area (Å²) in [4.78, 5) is 4.69. The van der Waals surface area contributed by atoms with Crippen molar-refractivity contribution in [3.63, 3.8) is 0 Å². The minimum Gasteiger partial charge on any atom is -0.265 e. The van der Waals surface area contributed by atoms with Crippen LogP contribution < -0.4 is 0 Å². The van der Waals surface area contributed by atoms with Gasteiger partial charge in [0.25, 0.3) is 0 Å². The van der Waals surface area contributed by atoms with Gasteiger partial charge in [0.2, 0.25) is 0 Å². The van der Waals surface area contributed by atoms with Crippen molar-refractivity contribution in [2.24, 2.45) is 11.8 Å². The highest BCUT2D eigenvalue weighted by Crippen LogP contribution is 2.41. The Bertz CT molecular complexity index is 325. The topological polar surface area (TPSA) is 12.9 Å². The molecule has 2 heteroatoms. The summed E-state index contributed by atoms with van der Waals surface area (Å²) in [6.45, 7) is 4.71. The second-order valence-corrected chi connectivity index (χ2v) is 6.14. The lowest BCUT2D eigenvalue weighted by atomic mass is 9.85. The molecule has 4 atom stereocenters. The van der Waals surface area contributed by atoms with E-state index in [1.54, 1.807) is 0 Å². The van der Waals surface area contributed by atoms with Crippen molar-refractivity contribution in [2.75, 3.05) is 0 Å². The molecule has 1 saturated carbocycles. The molecule has 1 aliphatic rings. The number of aromatic nitrogens is 1. The molecule has 1 aromatic heterocycles. The second-order valence-electron chi connectivity index (χ2n) is 5.09. The van der Waals surface area contributed by atoms with Gasteiger partial charge in [-0.1, -0.05) is 42.6 Å². The second kappa shape index (κ2) is 5.31. The SMILES string of the molecule is CC1CCCC1C(Br)C(C)c1ccncc1. The molecule has 0 aliphatic heterocycles. The Morgan fingerprint density at radius 2 is 2.00 bits per heavy atom. The molecule has 1 aromatic rings. The summed E-state index contributed by atoms with van der Waals surface area (Å²) < 4.78 is 0. The Balaban J connectivity index is 2.07. The lowest BCUT2D eigenvalue weighted by molar-refractivity contribution is 0.384. The first-order chi connectivity index (χ1) is 7.70. The van der Waals surface area contributed by atoms with Gasteiger partial charge < -0.3 is 0 Å². The zero-order valence-corrected chi connectivity index (χ0v) is 11.7. The summed E-state index contributed by atoms with van der Waals surface area (Å²) >= 11 is 3.93. The molecule has 0 aromatic carbocycles. The van der Waals surface area contributed by atoms with Crippen LogP contribution in [0.1, 0.15) is 44.6 Å². The smallest absolute Gasteiger partial charge is 0.0270 e. The van der Waals surface area contributed by atoms with Crippen LogP contribution in [-0.2, 0) is 0 Å². The van der Waals surface area contributed by atoms with Crippen LogP contribution in [0.5, 0.6) is 0 Å². The van der Waals surface area contributed by atoms with E-state index in [9.17, 15) is 0 Å². The van der Waals surface area contributed by atoms with Crippen LogP contribution in [0.15, 0.2) is 24.5 Å². The van der Waals surface area contributed by atoms with E-state index in [1.807, 2.05) is 12.4 Å². The summed E-state index contributed by atoms with van der Waals surface area (Å²) in [6, 6.07) is 4.27. The van der Waals surface area contributed by atoms with E-state index in [1.165, 1.54) is 24.8 Å². The van der Waals surface area contributed by atoms with Crippen LogP contribution in [-0.4, -0.2) is 9.81 Å². The van der Waals surface area contributed by atoms with Gasteiger partial charge in [-0.15, -0.1) is 0 Å². The van der Waals surface area contributed by atoms with Crippen LogP contribution in [0.4, 0.5) is 0 Å². The van der Waals surface area contributed by atoms with Gasteiger partial charge in [-0.05, 0) is 41.9 Å². The van der Waals surface area contributed by atoms with Gasteiger partial charge in [0, 0.05) is 17.2 Å². The Morgan fingerprint density at radius 1 is 1.31 bits per heavy atom. The van der Waals surface area contributed by atoms with Crippen molar-refractivity contribution in [3.05, 3.63) is 30.1 Å². The molecule has 16 heavy (non-hydrogen) atoms. The fourth-order valence-corrected chi connectivity index (χ4v) is 3.96. The number of pyridine rings is 1. The number of halogens is 1. The highest BCUT2D eigenvalue weighted by atomic mass is 79.9. The maximum atomic E-state index is 4.08. The number of hydrogen-bond acceptors (Lipinski definition) is 1. The van der Waals surface area contributed by atoms with Gasteiger partial charge in [0.1, 0.15) is 0 Å². The first-order valence-corrected chi connectivity index (χ1v) is 7.15. The average Bonchev–Trinajstić information content (AvgIpc) is 2.75. The van der Waals surface area contributed by atoms with Crippen LogP contribution in [0.25, 0.3) is 0 Å². The molecule has 1 heterocycles. The van der Waals surface area contributed by atoms with Crippen molar-refractivity contribution in [3.8, 4) is 0 Å². The molecular formula is C14H20BrN. The van der Waals surface area contributed by atoms with Crippen molar-refractivity contribution in [1.82, 2.24) is 4.98 Å². The standard InChI is InChI=1S/C14H20BrN/c1-10-4-3-5-13(10)14(15)11(2)12-6-8-16-9-7-12/h6-11,13-14H,3-5H2,1-2H3. The molecule has 0 radical (unpaired) electrons. The van der Waals surface area contributed by atoms with E-state index >= 15 is 0 Å². The van der Waals surface area contributed by atoms with Gasteiger partial charge >= 0.3 is 0 Å². The van der Waals surface area contributed by atoms with Gasteiger partial charge in [-0.2, -0.15) is 0 Å². The number of nitrogens with zero attached hydrogens (tertiary/aromatic N) is 1. The maximum Gasteiger partial charge on any atom is 0.0270 e. The molecule has 4 unspecified atom stereocenters. The van der Waals surface area contributed by atoms with E-state index in [2.05, 4.69) is 46.9 Å². The van der Waals surface area contributed by atoms with Crippen molar-refractivity contribution >= 4 is 15.9 Å². The van der Waals surface area contributed by atoms with Crippen LogP contribution in [0.3, 0.4) is 0 Å². The average molecular weight is 282 g/mol. The van der Waals surface area contributed by atoms with E-state index in [4.69, 9.17) is 0 Å². The highest BCUT2D eigenvalue weighted by Gasteiger charge is 2.32. The van der Waals surface area contributed by atoms with Crippen LogP contribution >= 0.6 is 15.9 Å². The third-order valence-electron chi connectivity index (χ3n) is 4.05. The fraction of sp³-hybridized carbons (Fsp3) is 0.643. The van der Waals surface area contributed by atoms with Crippen LogP contribution in [0, 0.1) is 11.8 Å². The van der Waals surface area contributed by atoms with Crippen molar-refractivity contribution in [2.45, 2.75) is 43.9 Å².